The Morgan fingerprint density at radius 1 is 1.25 bits per heavy atom. The smallest absolute Gasteiger partial charge is 0.337 e. The quantitative estimate of drug-likeness (QED) is 0.748. The normalized spacial score (nSPS) is 11.9. The van der Waals surface area contributed by atoms with Crippen LogP contribution in [0.1, 0.15) is 28.9 Å². The Morgan fingerprint density at radius 2 is 1.90 bits per heavy atom. The van der Waals surface area contributed by atoms with Gasteiger partial charge in [-0.25, -0.2) is 9.18 Å². The van der Waals surface area contributed by atoms with Crippen LogP contribution in [0.5, 0.6) is 0 Å². The molecule has 4 nitrogen and oxygen atoms in total. The van der Waals surface area contributed by atoms with Gasteiger partial charge in [0.15, 0.2) is 0 Å². The van der Waals surface area contributed by atoms with Crippen LogP contribution in [-0.2, 0) is 0 Å². The molecule has 20 heavy (non-hydrogen) atoms. The van der Waals surface area contributed by atoms with E-state index in [-0.39, 0.29) is 17.4 Å². The van der Waals surface area contributed by atoms with E-state index in [0.717, 1.165) is 5.56 Å². The van der Waals surface area contributed by atoms with Crippen LogP contribution in [0, 0.1) is 5.82 Å². The van der Waals surface area contributed by atoms with E-state index in [4.69, 9.17) is 10.8 Å². The molecule has 2 aromatic rings. The Morgan fingerprint density at radius 3 is 2.50 bits per heavy atom. The number of nitrogens with one attached hydrogen (secondary N) is 1. The second kappa shape index (κ2) is 5.61. The fraction of sp³-hybridized carbons (Fsp3) is 0.133. The summed E-state index contributed by atoms with van der Waals surface area (Å²) in [5.41, 5.74) is 7.50. The lowest BCUT2D eigenvalue weighted by molar-refractivity contribution is 0.0698. The first-order chi connectivity index (χ1) is 9.49. The van der Waals surface area contributed by atoms with Gasteiger partial charge in [-0.1, -0.05) is 18.2 Å². The Hall–Kier alpha value is -2.56. The number of rotatable bonds is 4. The predicted molar refractivity (Wildman–Crippen MR) is 76.3 cm³/mol. The van der Waals surface area contributed by atoms with E-state index < -0.39 is 5.97 Å². The van der Waals surface area contributed by atoms with Crippen LogP contribution >= 0.6 is 0 Å². The molecule has 0 aromatic heterocycles. The van der Waals surface area contributed by atoms with Gasteiger partial charge < -0.3 is 16.2 Å². The summed E-state index contributed by atoms with van der Waals surface area (Å²) >= 11 is 0. The van der Waals surface area contributed by atoms with Crippen LogP contribution in [-0.4, -0.2) is 11.1 Å². The molecule has 0 saturated heterocycles. The molecule has 0 amide bonds. The number of carboxylic acid groups (broad SMARTS) is 1. The zero-order valence-electron chi connectivity index (χ0n) is 10.9. The van der Waals surface area contributed by atoms with Crippen LogP contribution in [0.2, 0.25) is 0 Å². The van der Waals surface area contributed by atoms with E-state index in [1.54, 1.807) is 24.3 Å². The highest BCUT2D eigenvalue weighted by molar-refractivity contribution is 5.97. The lowest BCUT2D eigenvalue weighted by atomic mass is 10.1. The molecule has 0 aliphatic rings. The molecule has 1 unspecified atom stereocenters. The van der Waals surface area contributed by atoms with Gasteiger partial charge >= 0.3 is 5.97 Å². The van der Waals surface area contributed by atoms with Crippen LogP contribution < -0.4 is 11.1 Å². The fourth-order valence-electron chi connectivity index (χ4n) is 1.96. The van der Waals surface area contributed by atoms with Crippen LogP contribution in [0.15, 0.2) is 42.5 Å². The highest BCUT2D eigenvalue weighted by Crippen LogP contribution is 2.28. The molecule has 104 valence electrons. The molecule has 0 bridgehead atoms. The molecule has 0 heterocycles. The van der Waals surface area contributed by atoms with E-state index in [2.05, 4.69) is 5.32 Å². The number of carbonyl (C=O) groups is 1. The molecule has 2 rings (SSSR count). The molecule has 5 heteroatoms. The van der Waals surface area contributed by atoms with E-state index in [9.17, 15) is 9.18 Å². The fourth-order valence-corrected chi connectivity index (χ4v) is 1.96. The van der Waals surface area contributed by atoms with Gasteiger partial charge in [-0.3, -0.25) is 0 Å². The summed E-state index contributed by atoms with van der Waals surface area (Å²) in [6, 6.07) is 10.5. The van der Waals surface area contributed by atoms with Gasteiger partial charge in [0.1, 0.15) is 5.82 Å². The van der Waals surface area contributed by atoms with E-state index in [0.29, 0.717) is 11.4 Å². The van der Waals surface area contributed by atoms with Gasteiger partial charge in [-0.2, -0.15) is 0 Å². The number of anilines is 2. The zero-order valence-corrected chi connectivity index (χ0v) is 10.9. The van der Waals surface area contributed by atoms with E-state index in [1.807, 2.05) is 6.92 Å². The SMILES string of the molecule is CC(Nc1c(N)cccc1C(=O)O)c1ccc(F)cc1. The van der Waals surface area contributed by atoms with Crippen molar-refractivity contribution in [2.24, 2.45) is 0 Å². The second-order valence-corrected chi connectivity index (χ2v) is 4.49. The van der Waals surface area contributed by atoms with Crippen molar-refractivity contribution in [3.63, 3.8) is 0 Å². The van der Waals surface area contributed by atoms with Crippen molar-refractivity contribution in [1.29, 1.82) is 0 Å². The minimum absolute atomic E-state index is 0.110. The van der Waals surface area contributed by atoms with Crippen molar-refractivity contribution in [3.05, 3.63) is 59.4 Å². The first-order valence-corrected chi connectivity index (χ1v) is 6.13. The third kappa shape index (κ3) is 2.88. The zero-order chi connectivity index (χ0) is 14.7. The summed E-state index contributed by atoms with van der Waals surface area (Å²) in [5.74, 6) is -1.36. The molecular formula is C15H15FN2O2. The Labute approximate surface area is 116 Å². The van der Waals surface area contributed by atoms with Crippen molar-refractivity contribution in [2.45, 2.75) is 13.0 Å². The third-order valence-corrected chi connectivity index (χ3v) is 3.06. The maximum Gasteiger partial charge on any atom is 0.337 e. The summed E-state index contributed by atoms with van der Waals surface area (Å²) < 4.78 is 12.9. The molecule has 0 aliphatic carbocycles. The number of hydrogen-bond acceptors (Lipinski definition) is 3. The minimum atomic E-state index is -1.05. The van der Waals surface area contributed by atoms with Gasteiger partial charge in [0.2, 0.25) is 0 Å². The van der Waals surface area contributed by atoms with Gasteiger partial charge in [0.05, 0.1) is 16.9 Å². The molecule has 4 N–H and O–H groups in total. The molecule has 2 aromatic carbocycles. The number of aromatic carboxylic acids is 1. The van der Waals surface area contributed by atoms with E-state index in [1.165, 1.54) is 18.2 Å². The summed E-state index contributed by atoms with van der Waals surface area (Å²) in [4.78, 5) is 11.2. The number of nitrogen functional groups attached to an aromatic ring is 1. The maximum atomic E-state index is 12.9. The van der Waals surface area contributed by atoms with Gasteiger partial charge in [-0.15, -0.1) is 0 Å². The summed E-state index contributed by atoms with van der Waals surface area (Å²) in [6.45, 7) is 1.85. The van der Waals surface area contributed by atoms with Crippen LogP contribution in [0.25, 0.3) is 0 Å². The van der Waals surface area contributed by atoms with Crippen molar-refractivity contribution in [2.75, 3.05) is 11.1 Å². The van der Waals surface area contributed by atoms with Gasteiger partial charge in [-0.05, 0) is 36.8 Å². The lowest BCUT2D eigenvalue weighted by Crippen LogP contribution is -2.12. The molecule has 0 saturated carbocycles. The maximum absolute atomic E-state index is 12.9. The third-order valence-electron chi connectivity index (χ3n) is 3.06. The average molecular weight is 274 g/mol. The van der Waals surface area contributed by atoms with Crippen molar-refractivity contribution < 1.29 is 14.3 Å². The number of hydrogen-bond donors (Lipinski definition) is 3. The number of halogens is 1. The van der Waals surface area contributed by atoms with Crippen molar-refractivity contribution in [1.82, 2.24) is 0 Å². The van der Waals surface area contributed by atoms with Crippen molar-refractivity contribution >= 4 is 17.3 Å². The number of carboxylic acids is 1. The molecule has 0 aliphatic heterocycles. The van der Waals surface area contributed by atoms with Crippen molar-refractivity contribution in [3.8, 4) is 0 Å². The molecule has 0 radical (unpaired) electrons. The Balaban J connectivity index is 2.30. The van der Waals surface area contributed by atoms with Crippen LogP contribution in [0.3, 0.4) is 0 Å². The largest absolute Gasteiger partial charge is 0.478 e. The van der Waals surface area contributed by atoms with Gasteiger partial charge in [0.25, 0.3) is 0 Å². The number of nitrogens with two attached hydrogens (primary N) is 1. The molecule has 1 atom stereocenters. The highest BCUT2D eigenvalue weighted by atomic mass is 19.1. The molecular weight excluding hydrogens is 259 g/mol. The predicted octanol–water partition coefficient (Wildman–Crippen LogP) is 3.28. The number of benzene rings is 2. The average Bonchev–Trinajstić information content (AvgIpc) is 2.41. The Bertz CT molecular complexity index is 626. The summed E-state index contributed by atoms with van der Waals surface area (Å²) in [7, 11) is 0. The van der Waals surface area contributed by atoms with Crippen LogP contribution in [0.4, 0.5) is 15.8 Å². The monoisotopic (exact) mass is 274 g/mol. The molecule has 0 fully saturated rings. The standard InChI is InChI=1S/C15H15FN2O2/c1-9(10-5-7-11(16)8-6-10)18-14-12(15(19)20)3-2-4-13(14)17/h2-9,18H,17H2,1H3,(H,19,20). The number of para-hydroxylation sites is 1. The minimum Gasteiger partial charge on any atom is -0.478 e. The Kier molecular flexibility index (Phi) is 3.89. The van der Waals surface area contributed by atoms with Gasteiger partial charge in [0, 0.05) is 6.04 Å². The topological polar surface area (TPSA) is 75.3 Å². The summed E-state index contributed by atoms with van der Waals surface area (Å²) in [5, 5.41) is 12.2. The summed E-state index contributed by atoms with van der Waals surface area (Å²) in [6.07, 6.45) is 0. The molecule has 0 spiro atoms. The lowest BCUT2D eigenvalue weighted by Gasteiger charge is -2.19. The highest BCUT2D eigenvalue weighted by Gasteiger charge is 2.15. The van der Waals surface area contributed by atoms with E-state index >= 15 is 0 Å². The second-order valence-electron chi connectivity index (χ2n) is 4.49. The first kappa shape index (κ1) is 13.9. The first-order valence-electron chi connectivity index (χ1n) is 6.13.